The number of Topliss-reactive ketones (excluding diaryl/α,β-unsaturated/α-hetero) is 1. The van der Waals surface area contributed by atoms with Crippen molar-refractivity contribution in [2.24, 2.45) is 0 Å². The Hall–Kier alpha value is -2.88. The highest BCUT2D eigenvalue weighted by Gasteiger charge is 2.34. The first kappa shape index (κ1) is 20.7. The Kier molecular flexibility index (Phi) is 5.53. The number of nitrogens with zero attached hydrogens (tertiary/aromatic N) is 6. The van der Waals surface area contributed by atoms with Crippen molar-refractivity contribution in [3.05, 3.63) is 33.5 Å². The van der Waals surface area contributed by atoms with E-state index in [9.17, 15) is 4.79 Å². The fourth-order valence-corrected chi connectivity index (χ4v) is 6.04. The van der Waals surface area contributed by atoms with Gasteiger partial charge in [0.15, 0.2) is 11.6 Å². The molecule has 1 saturated heterocycles. The maximum absolute atomic E-state index is 13.0. The average Bonchev–Trinajstić information content (AvgIpc) is 3.64. The maximum atomic E-state index is 13.0. The van der Waals surface area contributed by atoms with Crippen LogP contribution < -0.4 is 10.2 Å². The van der Waals surface area contributed by atoms with Gasteiger partial charge in [0.2, 0.25) is 5.95 Å². The molecule has 2 N–H and O–H groups in total. The Morgan fingerprint density at radius 3 is 2.91 bits per heavy atom. The number of aromatic nitrogens is 6. The third-order valence-electron chi connectivity index (χ3n) is 7.17. The minimum atomic E-state index is -0.208. The highest BCUT2D eigenvalue weighted by Crippen LogP contribution is 2.36. The highest BCUT2D eigenvalue weighted by atomic mass is 32.1. The van der Waals surface area contributed by atoms with E-state index in [0.29, 0.717) is 18.3 Å². The molecule has 9 nitrogen and oxygen atoms in total. The molecule has 3 aliphatic rings. The molecule has 172 valence electrons. The van der Waals surface area contributed by atoms with Crippen molar-refractivity contribution in [3.8, 4) is 0 Å². The SMILES string of the molecule is O=C(Cc1nncs1)C1CCCN1c1nc2c(c(Nc3cc(C4CCCC4)[nH]n3)n1)CCC2. The van der Waals surface area contributed by atoms with E-state index in [4.69, 9.17) is 9.97 Å². The number of aromatic amines is 1. The largest absolute Gasteiger partial charge is 0.331 e. The summed E-state index contributed by atoms with van der Waals surface area (Å²) in [5.41, 5.74) is 5.16. The minimum absolute atomic E-state index is 0.163. The summed E-state index contributed by atoms with van der Waals surface area (Å²) < 4.78 is 0. The number of carbonyl (C=O) groups is 1. The summed E-state index contributed by atoms with van der Waals surface area (Å²) >= 11 is 1.43. The molecule has 2 fully saturated rings. The second-order valence-corrected chi connectivity index (χ2v) is 10.2. The van der Waals surface area contributed by atoms with Crippen LogP contribution in [0.15, 0.2) is 11.6 Å². The van der Waals surface area contributed by atoms with Gasteiger partial charge in [-0.15, -0.1) is 21.5 Å². The number of ketones is 1. The normalized spacial score (nSPS) is 20.5. The molecule has 1 saturated carbocycles. The molecule has 1 unspecified atom stereocenters. The zero-order chi connectivity index (χ0) is 22.2. The number of H-pyrrole nitrogens is 1. The van der Waals surface area contributed by atoms with Gasteiger partial charge in [0.05, 0.1) is 18.2 Å². The lowest BCUT2D eigenvalue weighted by Crippen LogP contribution is -2.38. The Bertz CT molecular complexity index is 1140. The average molecular weight is 465 g/mol. The standard InChI is InChI=1S/C23H28N8OS/c32-19(12-21-30-24-13-33-21)18-9-4-10-31(18)23-25-16-8-3-7-15(16)22(27-23)26-20-11-17(28-29-20)14-5-1-2-6-14/h11,13-14,18H,1-10,12H2,(H2,25,26,27,28,29). The Morgan fingerprint density at radius 2 is 2.06 bits per heavy atom. The van der Waals surface area contributed by atoms with Crippen LogP contribution >= 0.6 is 11.3 Å². The number of hydrogen-bond acceptors (Lipinski definition) is 9. The monoisotopic (exact) mass is 464 g/mol. The summed E-state index contributed by atoms with van der Waals surface area (Å²) in [5.74, 6) is 3.04. The molecule has 0 spiro atoms. The first-order valence-corrected chi connectivity index (χ1v) is 12.9. The number of rotatable bonds is 7. The van der Waals surface area contributed by atoms with Gasteiger partial charge in [0.1, 0.15) is 16.3 Å². The topological polar surface area (TPSA) is 113 Å². The molecular formula is C23H28N8OS. The lowest BCUT2D eigenvalue weighted by atomic mass is 10.0. The molecule has 0 bridgehead atoms. The van der Waals surface area contributed by atoms with Crippen LogP contribution in [0.3, 0.4) is 0 Å². The van der Waals surface area contributed by atoms with Crippen LogP contribution in [0, 0.1) is 0 Å². The van der Waals surface area contributed by atoms with Crippen LogP contribution in [-0.4, -0.2) is 48.7 Å². The summed E-state index contributed by atoms with van der Waals surface area (Å²) in [4.78, 5) is 25.0. The molecule has 33 heavy (non-hydrogen) atoms. The molecule has 0 amide bonds. The zero-order valence-electron chi connectivity index (χ0n) is 18.6. The summed E-state index contributed by atoms with van der Waals surface area (Å²) in [6, 6.07) is 1.92. The van der Waals surface area contributed by atoms with Crippen LogP contribution in [0.2, 0.25) is 0 Å². The zero-order valence-corrected chi connectivity index (χ0v) is 19.4. The maximum Gasteiger partial charge on any atom is 0.228 e. The van der Waals surface area contributed by atoms with Gasteiger partial charge in [0.25, 0.3) is 0 Å². The predicted molar refractivity (Wildman–Crippen MR) is 126 cm³/mol. The van der Waals surface area contributed by atoms with Crippen LogP contribution in [0.1, 0.15) is 72.8 Å². The highest BCUT2D eigenvalue weighted by molar-refractivity contribution is 7.09. The Labute approximate surface area is 196 Å². The van der Waals surface area contributed by atoms with Gasteiger partial charge in [-0.3, -0.25) is 9.89 Å². The van der Waals surface area contributed by atoms with Gasteiger partial charge >= 0.3 is 0 Å². The van der Waals surface area contributed by atoms with E-state index >= 15 is 0 Å². The summed E-state index contributed by atoms with van der Waals surface area (Å²) in [6.45, 7) is 0.791. The van der Waals surface area contributed by atoms with Crippen LogP contribution in [0.5, 0.6) is 0 Å². The molecule has 3 aromatic rings. The lowest BCUT2D eigenvalue weighted by molar-refractivity contribution is -0.119. The van der Waals surface area contributed by atoms with Crippen molar-refractivity contribution in [2.45, 2.75) is 76.2 Å². The molecule has 1 atom stereocenters. The van der Waals surface area contributed by atoms with E-state index in [0.717, 1.165) is 61.0 Å². The molecule has 2 aliphatic carbocycles. The van der Waals surface area contributed by atoms with Gasteiger partial charge in [-0.1, -0.05) is 12.8 Å². The molecule has 6 rings (SSSR count). The number of fused-ring (bicyclic) bond motifs is 1. The number of hydrogen-bond donors (Lipinski definition) is 2. The third-order valence-corrected chi connectivity index (χ3v) is 7.87. The molecule has 10 heteroatoms. The van der Waals surface area contributed by atoms with Gasteiger partial charge in [-0.25, -0.2) is 4.98 Å². The predicted octanol–water partition coefficient (Wildman–Crippen LogP) is 3.72. The molecule has 4 heterocycles. The molecule has 1 aliphatic heterocycles. The van der Waals surface area contributed by atoms with Gasteiger partial charge in [0, 0.05) is 29.8 Å². The second-order valence-electron chi connectivity index (χ2n) is 9.29. The lowest BCUT2D eigenvalue weighted by Gasteiger charge is -2.24. The Morgan fingerprint density at radius 1 is 1.15 bits per heavy atom. The van der Waals surface area contributed by atoms with E-state index < -0.39 is 0 Å². The van der Waals surface area contributed by atoms with E-state index in [1.807, 2.05) is 0 Å². The van der Waals surface area contributed by atoms with E-state index in [2.05, 4.69) is 36.7 Å². The van der Waals surface area contributed by atoms with Gasteiger partial charge < -0.3 is 10.2 Å². The smallest absolute Gasteiger partial charge is 0.228 e. The summed E-state index contributed by atoms with van der Waals surface area (Å²) in [7, 11) is 0. The fraction of sp³-hybridized carbons (Fsp3) is 0.565. The number of anilines is 3. The quantitative estimate of drug-likeness (QED) is 0.544. The van der Waals surface area contributed by atoms with Crippen molar-refractivity contribution in [1.29, 1.82) is 0 Å². The van der Waals surface area contributed by atoms with Crippen LogP contribution in [-0.2, 0) is 24.1 Å². The van der Waals surface area contributed by atoms with Gasteiger partial charge in [-0.05, 0) is 44.9 Å². The van der Waals surface area contributed by atoms with Crippen molar-refractivity contribution in [1.82, 2.24) is 30.4 Å². The van der Waals surface area contributed by atoms with Crippen molar-refractivity contribution in [2.75, 3.05) is 16.8 Å². The number of nitrogens with one attached hydrogen (secondary N) is 2. The first-order chi connectivity index (χ1) is 16.2. The molecule has 0 aromatic carbocycles. The summed E-state index contributed by atoms with van der Waals surface area (Å²) in [6.07, 6.45) is 10.2. The van der Waals surface area contributed by atoms with Crippen LogP contribution in [0.4, 0.5) is 17.6 Å². The summed E-state index contributed by atoms with van der Waals surface area (Å²) in [5, 5.41) is 19.9. The van der Waals surface area contributed by atoms with Crippen molar-refractivity contribution < 1.29 is 4.79 Å². The van der Waals surface area contributed by atoms with Crippen molar-refractivity contribution >= 4 is 34.7 Å². The first-order valence-electron chi connectivity index (χ1n) is 12.0. The van der Waals surface area contributed by atoms with Crippen molar-refractivity contribution in [3.63, 3.8) is 0 Å². The molecule has 0 radical (unpaired) electrons. The van der Waals surface area contributed by atoms with Crippen LogP contribution in [0.25, 0.3) is 0 Å². The second kappa shape index (κ2) is 8.81. The number of carbonyl (C=O) groups excluding carboxylic acids is 1. The molecular weight excluding hydrogens is 436 g/mol. The van der Waals surface area contributed by atoms with E-state index in [1.165, 1.54) is 48.3 Å². The van der Waals surface area contributed by atoms with E-state index in [1.54, 1.807) is 5.51 Å². The van der Waals surface area contributed by atoms with Gasteiger partial charge in [-0.2, -0.15) is 10.1 Å². The third kappa shape index (κ3) is 4.12. The molecule has 3 aromatic heterocycles. The fourth-order valence-electron chi connectivity index (χ4n) is 5.50. The van der Waals surface area contributed by atoms with E-state index in [-0.39, 0.29) is 11.8 Å². The Balaban J connectivity index is 1.25. The minimum Gasteiger partial charge on any atom is -0.331 e. The number of aryl methyl sites for hydroxylation is 1.